The Hall–Kier alpha value is -0.790. The molecule has 1 fully saturated rings. The van der Waals surface area contributed by atoms with E-state index in [4.69, 9.17) is 0 Å². The number of amides is 1. The molecule has 0 radical (unpaired) electrons. The highest BCUT2D eigenvalue weighted by Gasteiger charge is 2.28. The minimum atomic E-state index is 0.352. The predicted molar refractivity (Wildman–Crippen MR) is 47.7 cm³/mol. The van der Waals surface area contributed by atoms with Crippen LogP contribution in [0.3, 0.4) is 0 Å². The van der Waals surface area contributed by atoms with Crippen LogP contribution in [0.4, 0.5) is 0 Å². The second-order valence-electron chi connectivity index (χ2n) is 3.81. The molecule has 2 aliphatic rings. The van der Waals surface area contributed by atoms with Crippen LogP contribution in [0.5, 0.6) is 0 Å². The minimum Gasteiger partial charge on any atom is -0.336 e. The van der Waals surface area contributed by atoms with Crippen molar-refractivity contribution < 1.29 is 4.79 Å². The van der Waals surface area contributed by atoms with Crippen LogP contribution in [-0.2, 0) is 4.79 Å². The summed E-state index contributed by atoms with van der Waals surface area (Å²) in [5.41, 5.74) is 1.39. The molecule has 12 heavy (non-hydrogen) atoms. The molecule has 1 atom stereocenters. The SMILES string of the molecule is CC1=C[C@H]2CCCN2C(=O)CC1. The molecule has 0 N–H and O–H groups in total. The smallest absolute Gasteiger partial charge is 0.223 e. The highest BCUT2D eigenvalue weighted by atomic mass is 16.2. The van der Waals surface area contributed by atoms with Crippen molar-refractivity contribution in [1.29, 1.82) is 0 Å². The van der Waals surface area contributed by atoms with Crippen LogP contribution >= 0.6 is 0 Å². The summed E-state index contributed by atoms with van der Waals surface area (Å²) in [5, 5.41) is 0. The summed E-state index contributed by atoms with van der Waals surface area (Å²) in [4.78, 5) is 13.6. The first-order chi connectivity index (χ1) is 5.77. The van der Waals surface area contributed by atoms with Gasteiger partial charge in [0.1, 0.15) is 0 Å². The molecule has 66 valence electrons. The van der Waals surface area contributed by atoms with E-state index in [0.29, 0.717) is 11.9 Å². The number of nitrogens with zero attached hydrogens (tertiary/aromatic N) is 1. The molecule has 2 aliphatic heterocycles. The molecule has 2 nitrogen and oxygen atoms in total. The van der Waals surface area contributed by atoms with Crippen molar-refractivity contribution in [2.75, 3.05) is 6.54 Å². The molecule has 1 saturated heterocycles. The second kappa shape index (κ2) is 2.92. The first-order valence-corrected chi connectivity index (χ1v) is 4.74. The Labute approximate surface area is 73.2 Å². The Morgan fingerprint density at radius 3 is 3.17 bits per heavy atom. The number of carbonyl (C=O) groups excluding carboxylic acids is 1. The molecule has 0 aromatic heterocycles. The fourth-order valence-corrected chi connectivity index (χ4v) is 2.13. The molecule has 0 aromatic carbocycles. The molecule has 0 bridgehead atoms. The van der Waals surface area contributed by atoms with Crippen LogP contribution in [-0.4, -0.2) is 23.4 Å². The van der Waals surface area contributed by atoms with Gasteiger partial charge in [-0.25, -0.2) is 0 Å². The zero-order chi connectivity index (χ0) is 8.55. The van der Waals surface area contributed by atoms with Gasteiger partial charge in [0.2, 0.25) is 5.91 Å². The van der Waals surface area contributed by atoms with Crippen molar-refractivity contribution in [2.45, 2.75) is 38.6 Å². The van der Waals surface area contributed by atoms with Gasteiger partial charge in [0.05, 0.1) is 6.04 Å². The first kappa shape index (κ1) is 7.84. The van der Waals surface area contributed by atoms with E-state index in [0.717, 1.165) is 19.4 Å². The van der Waals surface area contributed by atoms with Gasteiger partial charge in [-0.15, -0.1) is 0 Å². The molecule has 0 unspecified atom stereocenters. The highest BCUT2D eigenvalue weighted by molar-refractivity contribution is 5.77. The van der Waals surface area contributed by atoms with Crippen molar-refractivity contribution in [3.8, 4) is 0 Å². The van der Waals surface area contributed by atoms with Gasteiger partial charge < -0.3 is 4.90 Å². The number of rotatable bonds is 0. The van der Waals surface area contributed by atoms with Crippen LogP contribution < -0.4 is 0 Å². The Morgan fingerprint density at radius 2 is 2.33 bits per heavy atom. The van der Waals surface area contributed by atoms with Gasteiger partial charge in [-0.1, -0.05) is 11.6 Å². The van der Waals surface area contributed by atoms with Gasteiger partial charge in [-0.2, -0.15) is 0 Å². The first-order valence-electron chi connectivity index (χ1n) is 4.74. The van der Waals surface area contributed by atoms with E-state index in [9.17, 15) is 4.79 Å². The van der Waals surface area contributed by atoms with Gasteiger partial charge in [-0.05, 0) is 26.2 Å². The van der Waals surface area contributed by atoms with Crippen molar-refractivity contribution >= 4 is 5.91 Å². The maximum Gasteiger partial charge on any atom is 0.223 e. The molecule has 0 aliphatic carbocycles. The lowest BCUT2D eigenvalue weighted by Crippen LogP contribution is -2.32. The minimum absolute atomic E-state index is 0.352. The van der Waals surface area contributed by atoms with E-state index < -0.39 is 0 Å². The third-order valence-electron chi connectivity index (χ3n) is 2.83. The number of allylic oxidation sites excluding steroid dienone is 1. The van der Waals surface area contributed by atoms with Gasteiger partial charge in [0.15, 0.2) is 0 Å². The normalized spacial score (nSPS) is 29.8. The number of fused-ring (bicyclic) bond motifs is 1. The monoisotopic (exact) mass is 165 g/mol. The molecule has 0 saturated carbocycles. The van der Waals surface area contributed by atoms with Crippen molar-refractivity contribution in [2.24, 2.45) is 0 Å². The van der Waals surface area contributed by atoms with Gasteiger partial charge in [0, 0.05) is 13.0 Å². The molecule has 0 aromatic rings. The van der Waals surface area contributed by atoms with E-state index >= 15 is 0 Å². The van der Waals surface area contributed by atoms with Crippen molar-refractivity contribution in [1.82, 2.24) is 4.90 Å². The van der Waals surface area contributed by atoms with E-state index in [1.807, 2.05) is 4.90 Å². The van der Waals surface area contributed by atoms with E-state index in [1.54, 1.807) is 0 Å². The molecule has 1 amide bonds. The molecule has 2 heteroatoms. The third-order valence-corrected chi connectivity index (χ3v) is 2.83. The highest BCUT2D eigenvalue weighted by Crippen LogP contribution is 2.25. The summed E-state index contributed by atoms with van der Waals surface area (Å²) >= 11 is 0. The predicted octanol–water partition coefficient (Wildman–Crippen LogP) is 1.72. The third kappa shape index (κ3) is 1.26. The van der Waals surface area contributed by atoms with Gasteiger partial charge in [0.25, 0.3) is 0 Å². The fraction of sp³-hybridized carbons (Fsp3) is 0.700. The van der Waals surface area contributed by atoms with Crippen LogP contribution in [0.15, 0.2) is 11.6 Å². The molecule has 0 spiro atoms. The summed E-state index contributed by atoms with van der Waals surface area (Å²) in [6.07, 6.45) is 6.31. The average Bonchev–Trinajstić information content (AvgIpc) is 2.44. The maximum atomic E-state index is 11.5. The zero-order valence-electron chi connectivity index (χ0n) is 7.55. The Kier molecular flexibility index (Phi) is 1.91. The standard InChI is InChI=1S/C10H15NO/c1-8-4-5-10(12)11-6-2-3-9(11)7-8/h7,9H,2-6H2,1H3/t9-/m1/s1. The lowest BCUT2D eigenvalue weighted by atomic mass is 10.1. The van der Waals surface area contributed by atoms with Crippen molar-refractivity contribution in [3.63, 3.8) is 0 Å². The lowest BCUT2D eigenvalue weighted by molar-refractivity contribution is -0.130. The van der Waals surface area contributed by atoms with Crippen LogP contribution in [0.25, 0.3) is 0 Å². The maximum absolute atomic E-state index is 11.5. The Bertz CT molecular complexity index is 232. The average molecular weight is 165 g/mol. The van der Waals surface area contributed by atoms with Crippen molar-refractivity contribution in [3.05, 3.63) is 11.6 Å². The Balaban J connectivity index is 2.22. The molecule has 2 rings (SSSR count). The van der Waals surface area contributed by atoms with E-state index in [-0.39, 0.29) is 0 Å². The summed E-state index contributed by atoms with van der Waals surface area (Å²) in [6, 6.07) is 0.431. The second-order valence-corrected chi connectivity index (χ2v) is 3.81. The van der Waals surface area contributed by atoms with Crippen LogP contribution in [0.1, 0.15) is 32.6 Å². The number of hydrogen-bond acceptors (Lipinski definition) is 1. The zero-order valence-corrected chi connectivity index (χ0v) is 7.55. The molecule has 2 heterocycles. The molecular weight excluding hydrogens is 150 g/mol. The largest absolute Gasteiger partial charge is 0.336 e. The summed E-state index contributed by atoms with van der Waals surface area (Å²) in [5.74, 6) is 0.352. The summed E-state index contributed by atoms with van der Waals surface area (Å²) < 4.78 is 0. The number of carbonyl (C=O) groups is 1. The fourth-order valence-electron chi connectivity index (χ4n) is 2.13. The summed E-state index contributed by atoms with van der Waals surface area (Å²) in [7, 11) is 0. The van der Waals surface area contributed by atoms with Gasteiger partial charge in [-0.3, -0.25) is 4.79 Å². The Morgan fingerprint density at radius 1 is 1.50 bits per heavy atom. The van der Waals surface area contributed by atoms with E-state index in [2.05, 4.69) is 13.0 Å². The topological polar surface area (TPSA) is 20.3 Å². The molecular formula is C10H15NO. The van der Waals surface area contributed by atoms with E-state index in [1.165, 1.54) is 18.4 Å². The quantitative estimate of drug-likeness (QED) is 0.500. The van der Waals surface area contributed by atoms with Crippen LogP contribution in [0.2, 0.25) is 0 Å². The van der Waals surface area contributed by atoms with Gasteiger partial charge >= 0.3 is 0 Å². The lowest BCUT2D eigenvalue weighted by Gasteiger charge is -2.19. The van der Waals surface area contributed by atoms with Crippen LogP contribution in [0, 0.1) is 0 Å². The summed E-state index contributed by atoms with van der Waals surface area (Å²) in [6.45, 7) is 3.11. The number of hydrogen-bond donors (Lipinski definition) is 0.